The van der Waals surface area contributed by atoms with Crippen LogP contribution in [-0.2, 0) is 0 Å². The Bertz CT molecular complexity index is 384. The van der Waals surface area contributed by atoms with Crippen LogP contribution in [0.15, 0.2) is 23.4 Å². The minimum Gasteiger partial charge on any atom is -0.409 e. The Labute approximate surface area is 107 Å². The number of nitrogens with zero attached hydrogens (tertiary/aromatic N) is 1. The molecule has 4 nitrogen and oxygen atoms in total. The first-order valence-corrected chi connectivity index (χ1v) is 5.86. The summed E-state index contributed by atoms with van der Waals surface area (Å²) in [6.07, 6.45) is 1.28. The molecule has 0 heterocycles. The first kappa shape index (κ1) is 13.0. The van der Waals surface area contributed by atoms with Crippen molar-refractivity contribution in [3.8, 4) is 0 Å². The molecular formula is C10H13FIN3O. The number of amidine groups is 1. The Morgan fingerprint density at radius 3 is 2.94 bits per heavy atom. The van der Waals surface area contributed by atoms with Crippen molar-refractivity contribution in [1.82, 2.24) is 0 Å². The fourth-order valence-electron chi connectivity index (χ4n) is 1.18. The molecule has 6 heteroatoms. The second kappa shape index (κ2) is 6.51. The van der Waals surface area contributed by atoms with E-state index in [0.717, 1.165) is 15.7 Å². The van der Waals surface area contributed by atoms with Gasteiger partial charge >= 0.3 is 0 Å². The van der Waals surface area contributed by atoms with Gasteiger partial charge in [-0.1, -0.05) is 5.16 Å². The van der Waals surface area contributed by atoms with E-state index in [0.29, 0.717) is 13.0 Å². The molecule has 0 bridgehead atoms. The molecule has 1 aromatic carbocycles. The normalized spacial score (nSPS) is 11.5. The highest BCUT2D eigenvalue weighted by Gasteiger charge is 2.00. The van der Waals surface area contributed by atoms with Gasteiger partial charge in [0.1, 0.15) is 11.7 Å². The predicted octanol–water partition coefficient (Wildman–Crippen LogP) is 2.37. The number of nitrogens with two attached hydrogens (primary N) is 1. The van der Waals surface area contributed by atoms with Crippen molar-refractivity contribution < 1.29 is 9.60 Å². The lowest BCUT2D eigenvalue weighted by Crippen LogP contribution is -2.13. The SMILES string of the molecule is NC(CCCNc1ccc(F)cc1I)=NO. The zero-order valence-electron chi connectivity index (χ0n) is 8.58. The summed E-state index contributed by atoms with van der Waals surface area (Å²) < 4.78 is 13.6. The summed E-state index contributed by atoms with van der Waals surface area (Å²) in [5, 5.41) is 14.4. The summed E-state index contributed by atoms with van der Waals surface area (Å²) in [5.74, 6) is -0.0257. The van der Waals surface area contributed by atoms with Crippen LogP contribution in [0.4, 0.5) is 10.1 Å². The number of hydrogen-bond donors (Lipinski definition) is 3. The van der Waals surface area contributed by atoms with E-state index in [4.69, 9.17) is 10.9 Å². The molecular weight excluding hydrogens is 324 g/mol. The molecule has 4 N–H and O–H groups in total. The third kappa shape index (κ3) is 4.21. The average molecular weight is 337 g/mol. The van der Waals surface area contributed by atoms with Gasteiger partial charge in [0, 0.05) is 22.2 Å². The minimum absolute atomic E-state index is 0.218. The van der Waals surface area contributed by atoms with E-state index in [1.165, 1.54) is 12.1 Å². The van der Waals surface area contributed by atoms with Crippen LogP contribution < -0.4 is 11.1 Å². The van der Waals surface area contributed by atoms with Crippen LogP contribution in [0.25, 0.3) is 0 Å². The summed E-state index contributed by atoms with van der Waals surface area (Å²) in [6.45, 7) is 0.692. The zero-order chi connectivity index (χ0) is 12.0. The van der Waals surface area contributed by atoms with Gasteiger partial charge in [-0.3, -0.25) is 0 Å². The number of halogens is 2. The molecule has 16 heavy (non-hydrogen) atoms. The third-order valence-electron chi connectivity index (χ3n) is 1.98. The van der Waals surface area contributed by atoms with Crippen molar-refractivity contribution >= 4 is 34.1 Å². The Balaban J connectivity index is 2.37. The van der Waals surface area contributed by atoms with Gasteiger partial charge < -0.3 is 16.3 Å². The molecule has 1 rings (SSSR count). The maximum atomic E-state index is 12.8. The topological polar surface area (TPSA) is 70.6 Å². The Morgan fingerprint density at radius 1 is 1.56 bits per heavy atom. The Morgan fingerprint density at radius 2 is 2.31 bits per heavy atom. The number of nitrogens with one attached hydrogen (secondary N) is 1. The molecule has 0 aliphatic heterocycles. The van der Waals surface area contributed by atoms with Crippen molar-refractivity contribution in [3.63, 3.8) is 0 Å². The van der Waals surface area contributed by atoms with Gasteiger partial charge in [0.15, 0.2) is 0 Å². The third-order valence-corrected chi connectivity index (χ3v) is 2.88. The van der Waals surface area contributed by atoms with Gasteiger partial charge in [0.25, 0.3) is 0 Å². The summed E-state index contributed by atoms with van der Waals surface area (Å²) in [6, 6.07) is 4.57. The van der Waals surface area contributed by atoms with Gasteiger partial charge in [-0.05, 0) is 47.2 Å². The lowest BCUT2D eigenvalue weighted by Gasteiger charge is -2.08. The Hall–Kier alpha value is -1.05. The first-order valence-electron chi connectivity index (χ1n) is 4.79. The summed E-state index contributed by atoms with van der Waals surface area (Å²) >= 11 is 2.07. The largest absolute Gasteiger partial charge is 0.409 e. The highest BCUT2D eigenvalue weighted by molar-refractivity contribution is 14.1. The molecule has 0 saturated heterocycles. The van der Waals surface area contributed by atoms with Crippen molar-refractivity contribution in [1.29, 1.82) is 0 Å². The van der Waals surface area contributed by atoms with Crippen molar-refractivity contribution in [2.75, 3.05) is 11.9 Å². The van der Waals surface area contributed by atoms with Crippen molar-refractivity contribution in [3.05, 3.63) is 27.6 Å². The standard InChI is InChI=1S/C10H13FIN3O/c11-7-3-4-9(8(12)6-7)14-5-1-2-10(13)15-16/h3-4,6,14,16H,1-2,5H2,(H2,13,15). The number of anilines is 1. The van der Waals surface area contributed by atoms with E-state index in [1.54, 1.807) is 6.07 Å². The lowest BCUT2D eigenvalue weighted by atomic mass is 10.2. The highest BCUT2D eigenvalue weighted by Crippen LogP contribution is 2.18. The Kier molecular flexibility index (Phi) is 5.30. The molecule has 0 saturated carbocycles. The fraction of sp³-hybridized carbons (Fsp3) is 0.300. The van der Waals surface area contributed by atoms with E-state index >= 15 is 0 Å². The van der Waals surface area contributed by atoms with Crippen molar-refractivity contribution in [2.45, 2.75) is 12.8 Å². The first-order chi connectivity index (χ1) is 7.63. The van der Waals surface area contributed by atoms with Gasteiger partial charge in [-0.15, -0.1) is 0 Å². The van der Waals surface area contributed by atoms with E-state index in [-0.39, 0.29) is 11.7 Å². The van der Waals surface area contributed by atoms with Gasteiger partial charge in [0.2, 0.25) is 0 Å². The smallest absolute Gasteiger partial charge is 0.139 e. The van der Waals surface area contributed by atoms with E-state index in [2.05, 4.69) is 33.1 Å². The second-order valence-electron chi connectivity index (χ2n) is 3.25. The minimum atomic E-state index is -0.244. The van der Waals surface area contributed by atoms with Crippen LogP contribution >= 0.6 is 22.6 Å². The quantitative estimate of drug-likeness (QED) is 0.193. The molecule has 0 amide bonds. The summed E-state index contributed by atoms with van der Waals surface area (Å²) in [4.78, 5) is 0. The van der Waals surface area contributed by atoms with Crippen LogP contribution in [0.1, 0.15) is 12.8 Å². The zero-order valence-corrected chi connectivity index (χ0v) is 10.7. The fourth-order valence-corrected chi connectivity index (χ4v) is 1.84. The molecule has 0 aliphatic rings. The lowest BCUT2D eigenvalue weighted by molar-refractivity contribution is 0.316. The van der Waals surface area contributed by atoms with Crippen LogP contribution in [0, 0.1) is 9.39 Å². The van der Waals surface area contributed by atoms with E-state index < -0.39 is 0 Å². The molecule has 0 aromatic heterocycles. The number of hydrogen-bond acceptors (Lipinski definition) is 3. The molecule has 0 fully saturated rings. The maximum absolute atomic E-state index is 12.8. The predicted molar refractivity (Wildman–Crippen MR) is 70.2 cm³/mol. The van der Waals surface area contributed by atoms with E-state index in [1.807, 2.05) is 0 Å². The van der Waals surface area contributed by atoms with Crippen LogP contribution in [-0.4, -0.2) is 17.6 Å². The van der Waals surface area contributed by atoms with Crippen LogP contribution in [0.5, 0.6) is 0 Å². The van der Waals surface area contributed by atoms with E-state index in [9.17, 15) is 4.39 Å². The van der Waals surface area contributed by atoms with Gasteiger partial charge in [0.05, 0.1) is 0 Å². The monoisotopic (exact) mass is 337 g/mol. The molecule has 88 valence electrons. The molecule has 0 atom stereocenters. The van der Waals surface area contributed by atoms with Gasteiger partial charge in [-0.25, -0.2) is 4.39 Å². The number of rotatable bonds is 5. The number of oxime groups is 1. The molecule has 0 aliphatic carbocycles. The van der Waals surface area contributed by atoms with Gasteiger partial charge in [-0.2, -0.15) is 0 Å². The maximum Gasteiger partial charge on any atom is 0.139 e. The summed E-state index contributed by atoms with van der Waals surface area (Å²) in [5.41, 5.74) is 6.21. The highest BCUT2D eigenvalue weighted by atomic mass is 127. The van der Waals surface area contributed by atoms with Crippen molar-refractivity contribution in [2.24, 2.45) is 10.9 Å². The number of benzene rings is 1. The van der Waals surface area contributed by atoms with Crippen LogP contribution in [0.2, 0.25) is 0 Å². The second-order valence-corrected chi connectivity index (χ2v) is 4.41. The molecule has 0 unspecified atom stereocenters. The average Bonchev–Trinajstić information content (AvgIpc) is 2.26. The molecule has 0 spiro atoms. The molecule has 0 radical (unpaired) electrons. The molecule has 1 aromatic rings. The van der Waals surface area contributed by atoms with Crippen LogP contribution in [0.3, 0.4) is 0 Å². The summed E-state index contributed by atoms with van der Waals surface area (Å²) in [7, 11) is 0.